The number of thioether (sulfide) groups is 1. The highest BCUT2D eigenvalue weighted by Crippen LogP contribution is 2.43. The maximum absolute atomic E-state index is 12.4. The van der Waals surface area contributed by atoms with Crippen molar-refractivity contribution in [2.45, 2.75) is 55.5 Å². The molecule has 2 N–H and O–H groups in total. The van der Waals surface area contributed by atoms with Gasteiger partial charge in [-0.3, -0.25) is 14.7 Å². The van der Waals surface area contributed by atoms with Crippen LogP contribution in [0.3, 0.4) is 0 Å². The Balaban J connectivity index is 2.02. The number of benzene rings is 1. The Morgan fingerprint density at radius 3 is 2.24 bits per heavy atom. The van der Waals surface area contributed by atoms with Gasteiger partial charge in [-0.25, -0.2) is 4.79 Å². The smallest absolute Gasteiger partial charge is 0.321 e. The van der Waals surface area contributed by atoms with Gasteiger partial charge in [0.25, 0.3) is 0 Å². The molecule has 10 nitrogen and oxygen atoms in total. The molecule has 0 aliphatic heterocycles. The van der Waals surface area contributed by atoms with Gasteiger partial charge in [0.1, 0.15) is 0 Å². The van der Waals surface area contributed by atoms with E-state index >= 15 is 0 Å². The van der Waals surface area contributed by atoms with Crippen molar-refractivity contribution >= 4 is 23.7 Å². The quantitative estimate of drug-likeness (QED) is 0.556. The number of hydrogen-bond donors (Lipinski definition) is 2. The highest BCUT2D eigenvalue weighted by Gasteiger charge is 2.28. The zero-order chi connectivity index (χ0) is 24.0. The highest BCUT2D eigenvalue weighted by molar-refractivity contribution is 8.00. The Bertz CT molecular complexity index is 965. The lowest BCUT2D eigenvalue weighted by Crippen LogP contribution is -2.41. The molecule has 0 bridgehead atoms. The van der Waals surface area contributed by atoms with E-state index in [4.69, 9.17) is 14.2 Å². The van der Waals surface area contributed by atoms with Gasteiger partial charge >= 0.3 is 6.03 Å². The lowest BCUT2D eigenvalue weighted by Gasteiger charge is -2.26. The molecule has 3 rings (SSSR count). The molecule has 1 aliphatic carbocycles. The van der Waals surface area contributed by atoms with Gasteiger partial charge in [-0.05, 0) is 31.9 Å². The molecule has 1 atom stereocenters. The predicted molar refractivity (Wildman–Crippen MR) is 125 cm³/mol. The number of urea groups is 1. The van der Waals surface area contributed by atoms with Gasteiger partial charge in [0.15, 0.2) is 22.5 Å². The molecule has 1 aliphatic rings. The molecule has 180 valence electrons. The number of rotatable bonds is 8. The number of hydrogen-bond acceptors (Lipinski definition) is 8. The van der Waals surface area contributed by atoms with Crippen LogP contribution in [-0.4, -0.2) is 60.3 Å². The SMILES string of the molecule is CNC(=O)NC(=O)[C@H](C)Sc1nnc(-c2cc(OC)c(OC)c(OC)c2)n1C1CCCCC1. The molecule has 0 unspecified atom stereocenters. The van der Waals surface area contributed by atoms with E-state index in [9.17, 15) is 9.59 Å². The fraction of sp³-hybridized carbons (Fsp3) is 0.545. The first kappa shape index (κ1) is 24.7. The first-order valence-electron chi connectivity index (χ1n) is 10.9. The largest absolute Gasteiger partial charge is 0.493 e. The summed E-state index contributed by atoms with van der Waals surface area (Å²) in [5, 5.41) is 13.7. The number of imide groups is 1. The van der Waals surface area contributed by atoms with E-state index in [0.717, 1.165) is 31.2 Å². The van der Waals surface area contributed by atoms with Crippen LogP contribution >= 0.6 is 11.8 Å². The number of nitrogens with one attached hydrogen (secondary N) is 2. The lowest BCUT2D eigenvalue weighted by molar-refractivity contribution is -0.119. The molecule has 1 aromatic heterocycles. The van der Waals surface area contributed by atoms with Crippen molar-refractivity contribution in [3.63, 3.8) is 0 Å². The van der Waals surface area contributed by atoms with Gasteiger partial charge < -0.3 is 19.5 Å². The standard InChI is InChI=1S/C22H31N5O5S/c1-13(20(28)24-21(29)23-2)33-22-26-25-19(27(22)15-9-7-6-8-10-15)14-11-16(30-3)18(32-5)17(12-14)31-4/h11-13,15H,6-10H2,1-5H3,(H2,23,24,28,29)/t13-/m0/s1. The van der Waals surface area contributed by atoms with Crippen molar-refractivity contribution in [3.05, 3.63) is 12.1 Å². The fourth-order valence-corrected chi connectivity index (χ4v) is 4.84. The van der Waals surface area contributed by atoms with Crippen molar-refractivity contribution in [2.75, 3.05) is 28.4 Å². The molecule has 0 spiro atoms. The minimum absolute atomic E-state index is 0.208. The number of carbonyl (C=O) groups is 2. The van der Waals surface area contributed by atoms with Gasteiger partial charge in [0.05, 0.1) is 26.6 Å². The zero-order valence-electron chi connectivity index (χ0n) is 19.6. The number of ether oxygens (including phenoxy) is 3. The zero-order valence-corrected chi connectivity index (χ0v) is 20.5. The third-order valence-corrected chi connectivity index (χ3v) is 6.70. The van der Waals surface area contributed by atoms with Crippen molar-refractivity contribution in [2.24, 2.45) is 0 Å². The summed E-state index contributed by atoms with van der Waals surface area (Å²) in [7, 11) is 6.16. The van der Waals surface area contributed by atoms with E-state index in [-0.39, 0.29) is 6.04 Å². The second kappa shape index (κ2) is 11.3. The van der Waals surface area contributed by atoms with E-state index in [1.54, 1.807) is 28.3 Å². The number of methoxy groups -OCH3 is 3. The van der Waals surface area contributed by atoms with Crippen LogP contribution in [0.25, 0.3) is 11.4 Å². The van der Waals surface area contributed by atoms with Crippen LogP contribution in [0, 0.1) is 0 Å². The Hall–Kier alpha value is -2.95. The Kier molecular flexibility index (Phi) is 8.43. The normalized spacial score (nSPS) is 14.9. The summed E-state index contributed by atoms with van der Waals surface area (Å²) in [6, 6.07) is 3.36. The van der Waals surface area contributed by atoms with Gasteiger partial charge in [0.2, 0.25) is 11.7 Å². The third kappa shape index (κ3) is 5.52. The van der Waals surface area contributed by atoms with Crippen LogP contribution in [0.15, 0.2) is 17.3 Å². The summed E-state index contributed by atoms with van der Waals surface area (Å²) < 4.78 is 18.6. The van der Waals surface area contributed by atoms with Crippen molar-refractivity contribution < 1.29 is 23.8 Å². The summed E-state index contributed by atoms with van der Waals surface area (Å²) >= 11 is 1.28. The molecule has 33 heavy (non-hydrogen) atoms. The Labute approximate surface area is 197 Å². The molecule has 0 radical (unpaired) electrons. The van der Waals surface area contributed by atoms with Crippen LogP contribution in [0.5, 0.6) is 17.2 Å². The topological polar surface area (TPSA) is 117 Å². The average Bonchev–Trinajstić information content (AvgIpc) is 3.26. The predicted octanol–water partition coefficient (Wildman–Crippen LogP) is 3.41. The second-order valence-electron chi connectivity index (χ2n) is 7.71. The van der Waals surface area contributed by atoms with Crippen molar-refractivity contribution in [1.82, 2.24) is 25.4 Å². The van der Waals surface area contributed by atoms with E-state index < -0.39 is 17.2 Å². The summed E-state index contributed by atoms with van der Waals surface area (Å²) in [5.41, 5.74) is 0.775. The lowest BCUT2D eigenvalue weighted by atomic mass is 9.95. The van der Waals surface area contributed by atoms with Gasteiger partial charge in [0, 0.05) is 18.7 Å². The molecular weight excluding hydrogens is 446 g/mol. The number of carbonyl (C=O) groups excluding carboxylic acids is 2. The molecule has 2 aromatic rings. The van der Waals surface area contributed by atoms with E-state index in [1.165, 1.54) is 25.2 Å². The molecule has 11 heteroatoms. The number of aromatic nitrogens is 3. The molecule has 0 saturated heterocycles. The molecule has 1 heterocycles. The summed E-state index contributed by atoms with van der Waals surface area (Å²) in [6.45, 7) is 1.74. The van der Waals surface area contributed by atoms with Crippen LogP contribution in [-0.2, 0) is 4.79 Å². The van der Waals surface area contributed by atoms with Crippen LogP contribution < -0.4 is 24.8 Å². The van der Waals surface area contributed by atoms with Gasteiger partial charge in [-0.1, -0.05) is 31.0 Å². The Morgan fingerprint density at radius 2 is 1.70 bits per heavy atom. The summed E-state index contributed by atoms with van der Waals surface area (Å²) in [6.07, 6.45) is 5.44. The first-order valence-corrected chi connectivity index (χ1v) is 11.8. The van der Waals surface area contributed by atoms with Gasteiger partial charge in [-0.2, -0.15) is 0 Å². The van der Waals surface area contributed by atoms with E-state index in [0.29, 0.717) is 28.2 Å². The minimum atomic E-state index is -0.542. The average molecular weight is 478 g/mol. The summed E-state index contributed by atoms with van der Waals surface area (Å²) in [4.78, 5) is 24.0. The molecule has 1 aromatic carbocycles. The number of amides is 3. The monoisotopic (exact) mass is 477 g/mol. The fourth-order valence-electron chi connectivity index (χ4n) is 3.92. The number of nitrogens with zero attached hydrogens (tertiary/aromatic N) is 3. The third-order valence-electron chi connectivity index (χ3n) is 5.64. The Morgan fingerprint density at radius 1 is 1.06 bits per heavy atom. The van der Waals surface area contributed by atoms with Crippen LogP contribution in [0.1, 0.15) is 45.1 Å². The van der Waals surface area contributed by atoms with E-state index in [1.807, 2.05) is 12.1 Å². The molecule has 1 saturated carbocycles. The molecule has 3 amide bonds. The van der Waals surface area contributed by atoms with Gasteiger partial charge in [-0.15, -0.1) is 10.2 Å². The molecule has 1 fully saturated rings. The minimum Gasteiger partial charge on any atom is -0.493 e. The van der Waals surface area contributed by atoms with Crippen LogP contribution in [0.2, 0.25) is 0 Å². The first-order chi connectivity index (χ1) is 15.9. The molecular formula is C22H31N5O5S. The van der Waals surface area contributed by atoms with Crippen molar-refractivity contribution in [3.8, 4) is 28.6 Å². The van der Waals surface area contributed by atoms with Crippen molar-refractivity contribution in [1.29, 1.82) is 0 Å². The maximum Gasteiger partial charge on any atom is 0.321 e. The highest BCUT2D eigenvalue weighted by atomic mass is 32.2. The second-order valence-corrected chi connectivity index (χ2v) is 9.02. The summed E-state index contributed by atoms with van der Waals surface area (Å²) in [5.74, 6) is 1.83. The van der Waals surface area contributed by atoms with Crippen LogP contribution in [0.4, 0.5) is 4.79 Å². The maximum atomic E-state index is 12.4. The van der Waals surface area contributed by atoms with E-state index in [2.05, 4.69) is 25.4 Å².